The number of benzene rings is 2. The fraction of sp³-hybridized carbons (Fsp3) is 0.273. The van der Waals surface area contributed by atoms with Crippen LogP contribution < -0.4 is 25.0 Å². The van der Waals surface area contributed by atoms with E-state index in [1.165, 1.54) is 0 Å². The lowest BCUT2D eigenvalue weighted by molar-refractivity contribution is -0.127. The summed E-state index contributed by atoms with van der Waals surface area (Å²) >= 11 is 0. The number of ether oxygens (including phenoxy) is 2. The van der Waals surface area contributed by atoms with Gasteiger partial charge in [0.25, 0.3) is 0 Å². The summed E-state index contributed by atoms with van der Waals surface area (Å²) in [5.74, 6) is 1.15. The Morgan fingerprint density at radius 3 is 2.66 bits per heavy atom. The van der Waals surface area contributed by atoms with Crippen molar-refractivity contribution >= 4 is 29.0 Å². The maximum absolute atomic E-state index is 12.8. The van der Waals surface area contributed by atoms with Gasteiger partial charge in [-0.15, -0.1) is 6.58 Å². The summed E-state index contributed by atoms with van der Waals surface area (Å²) < 4.78 is 11.1. The van der Waals surface area contributed by atoms with E-state index in [9.17, 15) is 9.59 Å². The molecule has 2 N–H and O–H groups in total. The van der Waals surface area contributed by atoms with Crippen LogP contribution in [-0.4, -0.2) is 32.2 Å². The highest BCUT2D eigenvalue weighted by Gasteiger charge is 2.37. The van der Waals surface area contributed by atoms with Crippen LogP contribution in [-0.2, 0) is 4.79 Å². The van der Waals surface area contributed by atoms with Gasteiger partial charge in [0.05, 0.1) is 18.2 Å². The number of rotatable bonds is 5. The molecule has 0 aromatic heterocycles. The molecule has 0 unspecified atom stereocenters. The first-order valence-electron chi connectivity index (χ1n) is 9.26. The predicted octanol–water partition coefficient (Wildman–Crippen LogP) is 4.28. The fourth-order valence-corrected chi connectivity index (χ4v) is 3.03. The number of amides is 3. The van der Waals surface area contributed by atoms with E-state index in [0.717, 1.165) is 0 Å². The van der Waals surface area contributed by atoms with Gasteiger partial charge >= 0.3 is 6.03 Å². The third-order valence-electron chi connectivity index (χ3n) is 4.56. The van der Waals surface area contributed by atoms with Gasteiger partial charge in [-0.1, -0.05) is 12.1 Å². The van der Waals surface area contributed by atoms with Gasteiger partial charge in [-0.2, -0.15) is 0 Å². The van der Waals surface area contributed by atoms with Crippen molar-refractivity contribution in [1.82, 2.24) is 0 Å². The molecule has 29 heavy (non-hydrogen) atoms. The molecule has 152 valence electrons. The number of methoxy groups -OCH3 is 1. The lowest BCUT2D eigenvalue weighted by Crippen LogP contribution is -2.42. The second kappa shape index (κ2) is 8.26. The van der Waals surface area contributed by atoms with Crippen LogP contribution in [0.1, 0.15) is 13.8 Å². The molecule has 0 fully saturated rings. The largest absolute Gasteiger partial charge is 0.497 e. The molecule has 0 saturated carbocycles. The van der Waals surface area contributed by atoms with Crippen molar-refractivity contribution in [2.75, 3.05) is 35.8 Å². The van der Waals surface area contributed by atoms with Crippen molar-refractivity contribution in [1.29, 1.82) is 0 Å². The molecule has 3 amide bonds. The van der Waals surface area contributed by atoms with E-state index in [-0.39, 0.29) is 12.5 Å². The minimum atomic E-state index is -0.667. The number of nitrogens with zero attached hydrogens (tertiary/aromatic N) is 1. The third kappa shape index (κ3) is 4.51. The van der Waals surface area contributed by atoms with Gasteiger partial charge in [-0.25, -0.2) is 4.79 Å². The Morgan fingerprint density at radius 1 is 1.24 bits per heavy atom. The highest BCUT2D eigenvalue weighted by molar-refractivity contribution is 6.02. The number of carbonyl (C=O) groups excluding carboxylic acids is 2. The molecule has 0 spiro atoms. The van der Waals surface area contributed by atoms with Gasteiger partial charge in [-0.3, -0.25) is 4.79 Å². The zero-order chi connectivity index (χ0) is 21.0. The average Bonchev–Trinajstić information content (AvgIpc) is 2.78. The quantitative estimate of drug-likeness (QED) is 0.741. The molecule has 1 aliphatic heterocycles. The first kappa shape index (κ1) is 20.3. The number of urea groups is 1. The molecule has 0 bridgehead atoms. The smallest absolute Gasteiger partial charge is 0.323 e. The molecule has 7 nitrogen and oxygen atoms in total. The van der Waals surface area contributed by atoms with Crippen LogP contribution in [0.5, 0.6) is 11.5 Å². The van der Waals surface area contributed by atoms with Crippen molar-refractivity contribution in [3.63, 3.8) is 0 Å². The van der Waals surface area contributed by atoms with Crippen LogP contribution >= 0.6 is 0 Å². The van der Waals surface area contributed by atoms with Crippen LogP contribution in [0.25, 0.3) is 0 Å². The number of hydrogen-bond donors (Lipinski definition) is 2. The molecule has 0 aliphatic carbocycles. The molecule has 0 atom stereocenters. The summed E-state index contributed by atoms with van der Waals surface area (Å²) in [6, 6.07) is 11.9. The summed E-state index contributed by atoms with van der Waals surface area (Å²) in [5, 5.41) is 5.54. The maximum atomic E-state index is 12.8. The summed E-state index contributed by atoms with van der Waals surface area (Å²) in [5.41, 5.74) is 1.14. The highest BCUT2D eigenvalue weighted by Crippen LogP contribution is 2.38. The lowest BCUT2D eigenvalue weighted by atomic mass is 9.93. The Balaban J connectivity index is 1.79. The maximum Gasteiger partial charge on any atom is 0.323 e. The normalized spacial score (nSPS) is 14.9. The van der Waals surface area contributed by atoms with Crippen LogP contribution in [0.4, 0.5) is 21.9 Å². The summed E-state index contributed by atoms with van der Waals surface area (Å²) in [4.78, 5) is 26.9. The highest BCUT2D eigenvalue weighted by atomic mass is 16.5. The number of hydrogen-bond acceptors (Lipinski definition) is 4. The van der Waals surface area contributed by atoms with Crippen molar-refractivity contribution in [2.45, 2.75) is 13.8 Å². The van der Waals surface area contributed by atoms with E-state index in [0.29, 0.717) is 35.1 Å². The van der Waals surface area contributed by atoms with Gasteiger partial charge in [0.2, 0.25) is 5.91 Å². The lowest BCUT2D eigenvalue weighted by Gasteiger charge is -2.27. The average molecular weight is 395 g/mol. The van der Waals surface area contributed by atoms with Crippen molar-refractivity contribution < 1.29 is 19.1 Å². The van der Waals surface area contributed by atoms with Gasteiger partial charge in [-0.05, 0) is 38.1 Å². The second-order valence-corrected chi connectivity index (χ2v) is 7.37. The molecule has 7 heteroatoms. The van der Waals surface area contributed by atoms with Crippen LogP contribution in [0.3, 0.4) is 0 Å². The Kier molecular flexibility index (Phi) is 5.77. The van der Waals surface area contributed by atoms with Gasteiger partial charge in [0, 0.05) is 30.1 Å². The predicted molar refractivity (Wildman–Crippen MR) is 114 cm³/mol. The van der Waals surface area contributed by atoms with Gasteiger partial charge in [0.15, 0.2) is 0 Å². The molecule has 0 saturated heterocycles. The monoisotopic (exact) mass is 395 g/mol. The Morgan fingerprint density at radius 2 is 1.97 bits per heavy atom. The van der Waals surface area contributed by atoms with E-state index in [1.54, 1.807) is 60.6 Å². The zero-order valence-corrected chi connectivity index (χ0v) is 16.8. The van der Waals surface area contributed by atoms with Crippen molar-refractivity contribution in [3.05, 3.63) is 55.1 Å². The number of fused-ring (bicyclic) bond motifs is 1. The van der Waals surface area contributed by atoms with E-state index in [1.807, 2.05) is 13.8 Å². The molecule has 1 heterocycles. The van der Waals surface area contributed by atoms with E-state index >= 15 is 0 Å². The third-order valence-corrected chi connectivity index (χ3v) is 4.56. The molecule has 2 aromatic carbocycles. The minimum absolute atomic E-state index is 0.0346. The van der Waals surface area contributed by atoms with E-state index < -0.39 is 11.4 Å². The van der Waals surface area contributed by atoms with Crippen molar-refractivity contribution in [3.8, 4) is 11.5 Å². The molecule has 1 aliphatic rings. The van der Waals surface area contributed by atoms with E-state index in [2.05, 4.69) is 17.2 Å². The Labute approximate surface area is 170 Å². The van der Waals surface area contributed by atoms with Gasteiger partial charge in [0.1, 0.15) is 18.1 Å². The minimum Gasteiger partial charge on any atom is -0.497 e. The zero-order valence-electron chi connectivity index (χ0n) is 16.8. The van der Waals surface area contributed by atoms with E-state index in [4.69, 9.17) is 9.47 Å². The SMILES string of the molecule is C=CCN1C(=O)C(C)(C)COc2cc(NC(=O)Nc3cccc(OC)c3)ccc21. The van der Waals surface area contributed by atoms with Crippen molar-refractivity contribution in [2.24, 2.45) is 5.41 Å². The first-order valence-corrected chi connectivity index (χ1v) is 9.26. The van der Waals surface area contributed by atoms with Crippen LogP contribution in [0, 0.1) is 5.41 Å². The Bertz CT molecular complexity index is 939. The number of anilines is 3. The summed E-state index contributed by atoms with van der Waals surface area (Å²) in [6.45, 7) is 8.05. The number of nitrogens with one attached hydrogen (secondary N) is 2. The first-order chi connectivity index (χ1) is 13.8. The fourth-order valence-electron chi connectivity index (χ4n) is 3.03. The number of carbonyl (C=O) groups is 2. The van der Waals surface area contributed by atoms with Crippen LogP contribution in [0.2, 0.25) is 0 Å². The van der Waals surface area contributed by atoms with Gasteiger partial charge < -0.3 is 25.0 Å². The standard InChI is InChI=1S/C22H25N3O4/c1-5-11-25-18-10-9-16(13-19(18)29-14-22(2,3)20(25)26)24-21(27)23-15-7-6-8-17(12-15)28-4/h5-10,12-13H,1,11,14H2,2-4H3,(H2,23,24,27). The van der Waals surface area contributed by atoms with Crippen LogP contribution in [0.15, 0.2) is 55.1 Å². The molecule has 3 rings (SSSR count). The molecular weight excluding hydrogens is 370 g/mol. The molecular formula is C22H25N3O4. The second-order valence-electron chi connectivity index (χ2n) is 7.37. The topological polar surface area (TPSA) is 79.9 Å². The molecule has 0 radical (unpaired) electrons. The molecule has 2 aromatic rings. The summed E-state index contributed by atoms with van der Waals surface area (Å²) in [7, 11) is 1.57. The Hall–Kier alpha value is -3.48. The summed E-state index contributed by atoms with van der Waals surface area (Å²) in [6.07, 6.45) is 1.68.